The summed E-state index contributed by atoms with van der Waals surface area (Å²) in [6, 6.07) is 3.17. The summed E-state index contributed by atoms with van der Waals surface area (Å²) in [5, 5.41) is 0. The van der Waals surface area contributed by atoms with Crippen molar-refractivity contribution in [3.63, 3.8) is 0 Å². The number of benzene rings is 1. The van der Waals surface area contributed by atoms with E-state index in [-0.39, 0.29) is 5.56 Å². The third-order valence-corrected chi connectivity index (χ3v) is 2.24. The molecule has 0 aliphatic rings. The van der Waals surface area contributed by atoms with Crippen LogP contribution in [0.3, 0.4) is 0 Å². The van der Waals surface area contributed by atoms with E-state index in [9.17, 15) is 13.2 Å². The molecule has 1 aromatic rings. The Morgan fingerprint density at radius 3 is 2.56 bits per heavy atom. The smallest absolute Gasteiger partial charge is 0.298 e. The van der Waals surface area contributed by atoms with Gasteiger partial charge in [-0.15, -0.1) is 0 Å². The van der Waals surface area contributed by atoms with Gasteiger partial charge >= 0.3 is 0 Å². The summed E-state index contributed by atoms with van der Waals surface area (Å²) in [4.78, 5) is 0. The second-order valence-electron chi connectivity index (χ2n) is 3.63. The molecule has 90 valence electrons. The summed E-state index contributed by atoms with van der Waals surface area (Å²) < 4.78 is 45.0. The van der Waals surface area contributed by atoms with Crippen molar-refractivity contribution in [1.29, 1.82) is 0 Å². The van der Waals surface area contributed by atoms with Gasteiger partial charge in [0.15, 0.2) is 0 Å². The molecule has 0 radical (unpaired) electrons. The van der Waals surface area contributed by atoms with Crippen LogP contribution in [0.1, 0.15) is 24.1 Å². The Balaban J connectivity index is 3.20. The quantitative estimate of drug-likeness (QED) is 0.867. The van der Waals surface area contributed by atoms with E-state index in [4.69, 9.17) is 5.73 Å². The molecule has 1 aromatic carbocycles. The fourth-order valence-corrected chi connectivity index (χ4v) is 1.44. The van der Waals surface area contributed by atoms with Crippen LogP contribution < -0.4 is 5.73 Å². The van der Waals surface area contributed by atoms with Crippen molar-refractivity contribution in [2.45, 2.75) is 18.9 Å². The Hall–Kier alpha value is -1.07. The first kappa shape index (κ1) is 13.0. The Kier molecular flexibility index (Phi) is 3.93. The first-order valence-corrected chi connectivity index (χ1v) is 4.81. The maximum Gasteiger partial charge on any atom is 0.298 e. The maximum absolute atomic E-state index is 13.7. The lowest BCUT2D eigenvalue weighted by molar-refractivity contribution is -0.0722. The molecule has 0 amide bonds. The van der Waals surface area contributed by atoms with Crippen LogP contribution in [0.15, 0.2) is 18.2 Å². The van der Waals surface area contributed by atoms with Crippen LogP contribution in [-0.2, 0) is 10.7 Å². The van der Waals surface area contributed by atoms with Gasteiger partial charge in [0.25, 0.3) is 5.92 Å². The third-order valence-electron chi connectivity index (χ3n) is 2.24. The summed E-state index contributed by atoms with van der Waals surface area (Å²) in [5.41, 5.74) is 4.88. The second-order valence-corrected chi connectivity index (χ2v) is 3.63. The van der Waals surface area contributed by atoms with Gasteiger partial charge in [-0.3, -0.25) is 0 Å². The molecule has 2 nitrogen and oxygen atoms in total. The summed E-state index contributed by atoms with van der Waals surface area (Å²) >= 11 is 0. The minimum absolute atomic E-state index is 0.0771. The first-order valence-electron chi connectivity index (χ1n) is 4.81. The van der Waals surface area contributed by atoms with E-state index in [1.54, 1.807) is 0 Å². The van der Waals surface area contributed by atoms with Gasteiger partial charge in [0.05, 0.1) is 5.56 Å². The number of rotatable bonds is 4. The number of halogens is 3. The fourth-order valence-electron chi connectivity index (χ4n) is 1.44. The molecule has 2 N–H and O–H groups in total. The highest BCUT2D eigenvalue weighted by molar-refractivity contribution is 5.31. The molecule has 0 heterocycles. The van der Waals surface area contributed by atoms with E-state index in [0.29, 0.717) is 0 Å². The van der Waals surface area contributed by atoms with Crippen molar-refractivity contribution in [3.05, 3.63) is 35.1 Å². The lowest BCUT2D eigenvalue weighted by Gasteiger charge is -2.18. The van der Waals surface area contributed by atoms with Gasteiger partial charge < -0.3 is 10.5 Å². The van der Waals surface area contributed by atoms with Crippen molar-refractivity contribution in [3.8, 4) is 0 Å². The van der Waals surface area contributed by atoms with E-state index in [1.807, 2.05) is 0 Å². The van der Waals surface area contributed by atoms with Crippen molar-refractivity contribution in [2.24, 2.45) is 5.73 Å². The molecule has 0 bridgehead atoms. The molecular weight excluding hydrogens is 219 g/mol. The topological polar surface area (TPSA) is 35.2 Å². The van der Waals surface area contributed by atoms with Crippen molar-refractivity contribution >= 4 is 0 Å². The Labute approximate surface area is 92.2 Å². The van der Waals surface area contributed by atoms with Crippen LogP contribution in [0, 0.1) is 5.82 Å². The van der Waals surface area contributed by atoms with Crippen molar-refractivity contribution < 1.29 is 17.9 Å². The molecule has 0 saturated heterocycles. The van der Waals surface area contributed by atoms with Crippen molar-refractivity contribution in [2.75, 3.05) is 13.7 Å². The normalized spacial score (nSPS) is 13.9. The average Bonchev–Trinajstić information content (AvgIpc) is 2.17. The predicted molar refractivity (Wildman–Crippen MR) is 54.8 cm³/mol. The first-order chi connectivity index (χ1) is 7.40. The zero-order valence-electron chi connectivity index (χ0n) is 9.14. The van der Waals surface area contributed by atoms with Gasteiger partial charge in [-0.1, -0.05) is 12.1 Å². The molecule has 0 fully saturated rings. The number of hydrogen-bond acceptors (Lipinski definition) is 2. The van der Waals surface area contributed by atoms with Crippen LogP contribution >= 0.6 is 0 Å². The van der Waals surface area contributed by atoms with Gasteiger partial charge in [0.1, 0.15) is 12.4 Å². The van der Waals surface area contributed by atoms with Crippen LogP contribution in [0.2, 0.25) is 0 Å². The lowest BCUT2D eigenvalue weighted by Crippen LogP contribution is -2.23. The summed E-state index contributed by atoms with van der Waals surface area (Å²) in [6.07, 6.45) is 0. The van der Waals surface area contributed by atoms with Crippen LogP contribution in [0.5, 0.6) is 0 Å². The minimum Gasteiger partial charge on any atom is -0.378 e. The summed E-state index contributed by atoms with van der Waals surface area (Å²) in [6.45, 7) is 0.684. The van der Waals surface area contributed by atoms with Crippen LogP contribution in [0.4, 0.5) is 13.2 Å². The molecule has 0 saturated carbocycles. The molecule has 1 atom stereocenters. The van der Waals surface area contributed by atoms with E-state index >= 15 is 0 Å². The Morgan fingerprint density at radius 2 is 2.06 bits per heavy atom. The average molecular weight is 233 g/mol. The largest absolute Gasteiger partial charge is 0.378 e. The summed E-state index contributed by atoms with van der Waals surface area (Å²) in [7, 11) is 1.14. The lowest BCUT2D eigenvalue weighted by atomic mass is 10.0. The fraction of sp³-hybridized carbons (Fsp3) is 0.455. The molecule has 0 aromatic heterocycles. The predicted octanol–water partition coefficient (Wildman–Crippen LogP) is 2.58. The number of methoxy groups -OCH3 is 1. The molecule has 1 unspecified atom stereocenters. The second kappa shape index (κ2) is 4.84. The molecule has 0 aliphatic carbocycles. The molecule has 5 heteroatoms. The van der Waals surface area contributed by atoms with Gasteiger partial charge in [0, 0.05) is 18.7 Å². The summed E-state index contributed by atoms with van der Waals surface area (Å²) in [5.74, 6) is -4.30. The molecule has 0 spiro atoms. The monoisotopic (exact) mass is 233 g/mol. The highest BCUT2D eigenvalue weighted by Gasteiger charge is 2.35. The third kappa shape index (κ3) is 2.54. The number of alkyl halides is 2. The zero-order valence-corrected chi connectivity index (χ0v) is 9.14. The van der Waals surface area contributed by atoms with E-state index in [1.165, 1.54) is 19.1 Å². The Bertz CT molecular complexity index is 366. The number of nitrogens with two attached hydrogens (primary N) is 1. The van der Waals surface area contributed by atoms with Gasteiger partial charge in [-0.2, -0.15) is 8.78 Å². The van der Waals surface area contributed by atoms with Gasteiger partial charge in [-0.25, -0.2) is 4.39 Å². The highest BCUT2D eigenvalue weighted by atomic mass is 19.3. The molecule has 16 heavy (non-hydrogen) atoms. The van der Waals surface area contributed by atoms with Crippen molar-refractivity contribution in [1.82, 2.24) is 0 Å². The molecule has 0 aliphatic heterocycles. The number of hydrogen-bond donors (Lipinski definition) is 1. The zero-order chi connectivity index (χ0) is 12.3. The maximum atomic E-state index is 13.7. The van der Waals surface area contributed by atoms with Gasteiger partial charge in [-0.05, 0) is 13.0 Å². The number of ether oxygens (including phenoxy) is 1. The SMILES string of the molecule is COCC(F)(F)c1cccc(C(C)N)c1F. The standard InChI is InChI=1S/C11H14F3NO/c1-7(15)8-4-3-5-9(10(8)12)11(13,14)6-16-2/h3-5,7H,6,15H2,1-2H3. The van der Waals surface area contributed by atoms with E-state index in [0.717, 1.165) is 13.2 Å². The van der Waals surface area contributed by atoms with E-state index in [2.05, 4.69) is 4.74 Å². The molecule has 1 rings (SSSR count). The Morgan fingerprint density at radius 1 is 1.44 bits per heavy atom. The molecular formula is C11H14F3NO. The van der Waals surface area contributed by atoms with Crippen LogP contribution in [0.25, 0.3) is 0 Å². The highest BCUT2D eigenvalue weighted by Crippen LogP contribution is 2.32. The van der Waals surface area contributed by atoms with E-state index < -0.39 is 30.0 Å². The van der Waals surface area contributed by atoms with Gasteiger partial charge in [0.2, 0.25) is 0 Å². The van der Waals surface area contributed by atoms with Crippen LogP contribution in [-0.4, -0.2) is 13.7 Å². The minimum atomic E-state index is -3.34.